The average molecular weight is 463 g/mol. The van der Waals surface area contributed by atoms with Crippen LogP contribution in [-0.4, -0.2) is 53.1 Å². The molecule has 0 saturated heterocycles. The summed E-state index contributed by atoms with van der Waals surface area (Å²) >= 11 is 5.75. The molecule has 172 valence electrons. The van der Waals surface area contributed by atoms with E-state index < -0.39 is 41.6 Å². The SMILES string of the molecule is CC(C)[C@H](NC(=O)CCN1C(=O)C=CC1=O)C(=O)N[C@@H](C)C(=O)Nc1ccc(CCl)cc1. The molecule has 1 aromatic carbocycles. The van der Waals surface area contributed by atoms with Gasteiger partial charge in [0.25, 0.3) is 11.8 Å². The van der Waals surface area contributed by atoms with Crippen LogP contribution < -0.4 is 16.0 Å². The summed E-state index contributed by atoms with van der Waals surface area (Å²) in [6, 6.07) is 5.27. The molecular formula is C22H27ClN4O5. The molecule has 1 aromatic rings. The molecule has 0 aliphatic carbocycles. The number of nitrogens with one attached hydrogen (secondary N) is 3. The van der Waals surface area contributed by atoms with Crippen molar-refractivity contribution in [3.63, 3.8) is 0 Å². The molecule has 0 bridgehead atoms. The van der Waals surface area contributed by atoms with Crippen molar-refractivity contribution in [2.75, 3.05) is 11.9 Å². The zero-order chi connectivity index (χ0) is 23.8. The highest BCUT2D eigenvalue weighted by atomic mass is 35.5. The Labute approximate surface area is 191 Å². The highest BCUT2D eigenvalue weighted by Gasteiger charge is 2.28. The molecule has 5 amide bonds. The van der Waals surface area contributed by atoms with Crippen LogP contribution >= 0.6 is 11.6 Å². The van der Waals surface area contributed by atoms with E-state index >= 15 is 0 Å². The number of amides is 5. The number of nitrogens with zero attached hydrogens (tertiary/aromatic N) is 1. The number of hydrogen-bond acceptors (Lipinski definition) is 5. The fourth-order valence-corrected chi connectivity index (χ4v) is 3.12. The molecule has 0 aromatic heterocycles. The molecular weight excluding hydrogens is 436 g/mol. The summed E-state index contributed by atoms with van der Waals surface area (Å²) in [5.41, 5.74) is 1.48. The van der Waals surface area contributed by atoms with Crippen LogP contribution in [-0.2, 0) is 29.9 Å². The van der Waals surface area contributed by atoms with Gasteiger partial charge in [-0.05, 0) is 30.5 Å². The van der Waals surface area contributed by atoms with Gasteiger partial charge in [0, 0.05) is 36.7 Å². The molecule has 0 radical (unpaired) electrons. The van der Waals surface area contributed by atoms with Crippen LogP contribution in [0.2, 0.25) is 0 Å². The third-order valence-corrected chi connectivity index (χ3v) is 5.17. The monoisotopic (exact) mass is 462 g/mol. The van der Waals surface area contributed by atoms with Crippen molar-refractivity contribution >= 4 is 46.8 Å². The normalized spacial score (nSPS) is 15.0. The third-order valence-electron chi connectivity index (χ3n) is 4.86. The van der Waals surface area contributed by atoms with Gasteiger partial charge in [0.05, 0.1) is 0 Å². The smallest absolute Gasteiger partial charge is 0.253 e. The number of anilines is 1. The Bertz CT molecular complexity index is 895. The van der Waals surface area contributed by atoms with E-state index in [2.05, 4.69) is 16.0 Å². The predicted octanol–water partition coefficient (Wildman–Crippen LogP) is 1.32. The number of alkyl halides is 1. The lowest BCUT2D eigenvalue weighted by molar-refractivity contribution is -0.137. The zero-order valence-electron chi connectivity index (χ0n) is 18.2. The van der Waals surface area contributed by atoms with E-state index in [4.69, 9.17) is 11.6 Å². The molecule has 9 nitrogen and oxygen atoms in total. The second-order valence-electron chi connectivity index (χ2n) is 7.75. The van der Waals surface area contributed by atoms with Crippen LogP contribution in [0.3, 0.4) is 0 Å². The average Bonchev–Trinajstić information content (AvgIpc) is 3.07. The maximum Gasteiger partial charge on any atom is 0.253 e. The van der Waals surface area contributed by atoms with Crippen molar-refractivity contribution in [1.82, 2.24) is 15.5 Å². The van der Waals surface area contributed by atoms with Crippen LogP contribution in [0.4, 0.5) is 5.69 Å². The maximum atomic E-state index is 12.7. The van der Waals surface area contributed by atoms with Gasteiger partial charge in [-0.2, -0.15) is 0 Å². The lowest BCUT2D eigenvalue weighted by Gasteiger charge is -2.24. The molecule has 3 N–H and O–H groups in total. The van der Waals surface area contributed by atoms with Crippen LogP contribution in [0.15, 0.2) is 36.4 Å². The third kappa shape index (κ3) is 6.91. The van der Waals surface area contributed by atoms with Crippen LogP contribution in [0, 0.1) is 5.92 Å². The Morgan fingerprint density at radius 2 is 1.53 bits per heavy atom. The summed E-state index contributed by atoms with van der Waals surface area (Å²) in [6.45, 7) is 4.97. The molecule has 32 heavy (non-hydrogen) atoms. The van der Waals surface area contributed by atoms with Crippen LogP contribution in [0.5, 0.6) is 0 Å². The first kappa shape index (κ1) is 25.1. The summed E-state index contributed by atoms with van der Waals surface area (Å²) in [7, 11) is 0. The summed E-state index contributed by atoms with van der Waals surface area (Å²) in [4.78, 5) is 61.5. The lowest BCUT2D eigenvalue weighted by Crippen LogP contribution is -2.54. The summed E-state index contributed by atoms with van der Waals surface area (Å²) in [5.74, 6) is -2.24. The molecule has 2 rings (SSSR count). The first-order valence-corrected chi connectivity index (χ1v) is 10.7. The number of benzene rings is 1. The van der Waals surface area contributed by atoms with E-state index in [-0.39, 0.29) is 18.9 Å². The van der Waals surface area contributed by atoms with E-state index in [9.17, 15) is 24.0 Å². The quantitative estimate of drug-likeness (QED) is 0.357. The topological polar surface area (TPSA) is 125 Å². The van der Waals surface area contributed by atoms with E-state index in [1.54, 1.807) is 38.1 Å². The van der Waals surface area contributed by atoms with Crippen LogP contribution in [0.25, 0.3) is 0 Å². The minimum atomic E-state index is -0.885. The van der Waals surface area contributed by atoms with Crippen LogP contribution in [0.1, 0.15) is 32.8 Å². The van der Waals surface area contributed by atoms with Gasteiger partial charge in [-0.25, -0.2) is 0 Å². The number of halogens is 1. The molecule has 10 heteroatoms. The van der Waals surface area contributed by atoms with E-state index in [1.165, 1.54) is 6.92 Å². The zero-order valence-corrected chi connectivity index (χ0v) is 18.9. The minimum Gasteiger partial charge on any atom is -0.344 e. The summed E-state index contributed by atoms with van der Waals surface area (Å²) in [5, 5.41) is 7.92. The molecule has 2 atom stereocenters. The Balaban J connectivity index is 1.87. The van der Waals surface area contributed by atoms with E-state index in [0.29, 0.717) is 11.6 Å². The first-order chi connectivity index (χ1) is 15.1. The first-order valence-electron chi connectivity index (χ1n) is 10.2. The van der Waals surface area contributed by atoms with Gasteiger partial charge in [-0.1, -0.05) is 26.0 Å². The van der Waals surface area contributed by atoms with Gasteiger partial charge in [-0.15, -0.1) is 11.6 Å². The van der Waals surface area contributed by atoms with Gasteiger partial charge in [-0.3, -0.25) is 28.9 Å². The Kier molecular flexibility index (Phi) is 8.95. The Morgan fingerprint density at radius 3 is 2.06 bits per heavy atom. The molecule has 0 fully saturated rings. The molecule has 1 heterocycles. The van der Waals surface area contributed by atoms with Gasteiger partial charge < -0.3 is 16.0 Å². The lowest BCUT2D eigenvalue weighted by atomic mass is 10.0. The number of hydrogen-bond donors (Lipinski definition) is 3. The van der Waals surface area contributed by atoms with Crippen molar-refractivity contribution in [3.05, 3.63) is 42.0 Å². The van der Waals surface area contributed by atoms with Gasteiger partial charge in [0.1, 0.15) is 12.1 Å². The fourth-order valence-electron chi connectivity index (χ4n) is 2.94. The standard InChI is InChI=1S/C22H27ClN4O5/c1-13(2)20(26-17(28)10-11-27-18(29)8-9-19(27)30)22(32)24-14(3)21(31)25-16-6-4-15(12-23)5-7-16/h4-9,13-14,20H,10-12H2,1-3H3,(H,24,32)(H,25,31)(H,26,28)/t14-,20-/m0/s1. The predicted molar refractivity (Wildman–Crippen MR) is 119 cm³/mol. The van der Waals surface area contributed by atoms with Crippen molar-refractivity contribution in [1.29, 1.82) is 0 Å². The van der Waals surface area contributed by atoms with E-state index in [1.807, 2.05) is 0 Å². The fraction of sp³-hybridized carbons (Fsp3) is 0.409. The molecule has 1 aliphatic rings. The Morgan fingerprint density at radius 1 is 0.938 bits per heavy atom. The van der Waals surface area contributed by atoms with Crippen molar-refractivity contribution in [3.8, 4) is 0 Å². The van der Waals surface area contributed by atoms with Crippen molar-refractivity contribution in [2.45, 2.75) is 45.2 Å². The second kappa shape index (κ2) is 11.4. The number of carbonyl (C=O) groups excluding carboxylic acids is 5. The Hall–Kier alpha value is -3.20. The number of imide groups is 1. The molecule has 1 aliphatic heterocycles. The summed E-state index contributed by atoms with van der Waals surface area (Å²) < 4.78 is 0. The highest BCUT2D eigenvalue weighted by molar-refractivity contribution is 6.17. The molecule has 0 unspecified atom stereocenters. The van der Waals surface area contributed by atoms with Gasteiger partial charge in [0.2, 0.25) is 17.7 Å². The van der Waals surface area contributed by atoms with E-state index in [0.717, 1.165) is 22.6 Å². The highest BCUT2D eigenvalue weighted by Crippen LogP contribution is 2.12. The van der Waals surface area contributed by atoms with Gasteiger partial charge >= 0.3 is 0 Å². The van der Waals surface area contributed by atoms with Gasteiger partial charge in [0.15, 0.2) is 0 Å². The summed E-state index contributed by atoms with van der Waals surface area (Å²) in [6.07, 6.45) is 2.15. The largest absolute Gasteiger partial charge is 0.344 e. The second-order valence-corrected chi connectivity index (χ2v) is 8.02. The number of rotatable bonds is 10. The number of carbonyl (C=O) groups is 5. The molecule has 0 spiro atoms. The minimum absolute atomic E-state index is 0.0791. The molecule has 0 saturated carbocycles. The maximum absolute atomic E-state index is 12.7. The van der Waals surface area contributed by atoms with Crippen molar-refractivity contribution < 1.29 is 24.0 Å². The van der Waals surface area contributed by atoms with Crippen molar-refractivity contribution in [2.24, 2.45) is 5.92 Å².